The van der Waals surface area contributed by atoms with Gasteiger partial charge in [0.1, 0.15) is 0 Å². The molecule has 0 spiro atoms. The molecule has 2 aromatic rings. The summed E-state index contributed by atoms with van der Waals surface area (Å²) in [4.78, 5) is 28.0. The smallest absolute Gasteiger partial charge is 0.287 e. The van der Waals surface area contributed by atoms with Crippen molar-refractivity contribution in [3.05, 3.63) is 53.1 Å². The number of nitrogens with zero attached hydrogens (tertiary/aromatic N) is 2. The maximum atomic E-state index is 12.2. The summed E-state index contributed by atoms with van der Waals surface area (Å²) in [6.07, 6.45) is 3.81. The molecule has 114 valence electrons. The summed E-state index contributed by atoms with van der Waals surface area (Å²) in [5.74, 6) is 0.146. The molecular weight excluding hydrogens is 280 g/mol. The molecule has 0 fully saturated rings. The molecule has 0 unspecified atom stereocenters. The van der Waals surface area contributed by atoms with Crippen LogP contribution in [0.15, 0.2) is 30.5 Å². The third-order valence-corrected chi connectivity index (χ3v) is 3.83. The first-order chi connectivity index (χ1) is 10.7. The molecule has 1 aliphatic heterocycles. The number of carbonyl (C=O) groups excluding carboxylic acids is 2. The lowest BCUT2D eigenvalue weighted by molar-refractivity contribution is 0.0935. The maximum Gasteiger partial charge on any atom is 0.287 e. The summed E-state index contributed by atoms with van der Waals surface area (Å²) < 4.78 is 1.97. The lowest BCUT2D eigenvalue weighted by Gasteiger charge is -2.08. The molecule has 0 radical (unpaired) electrons. The molecule has 0 saturated carbocycles. The van der Waals surface area contributed by atoms with Crippen LogP contribution in [0.3, 0.4) is 0 Å². The van der Waals surface area contributed by atoms with Crippen molar-refractivity contribution in [2.24, 2.45) is 0 Å². The predicted molar refractivity (Wildman–Crippen MR) is 81.6 cm³/mol. The Kier molecular flexibility index (Phi) is 3.91. The fourth-order valence-corrected chi connectivity index (χ4v) is 2.69. The van der Waals surface area contributed by atoms with Crippen LogP contribution in [-0.2, 0) is 19.5 Å². The van der Waals surface area contributed by atoms with Crippen molar-refractivity contribution in [1.29, 1.82) is 0 Å². The van der Waals surface area contributed by atoms with E-state index in [0.717, 1.165) is 30.6 Å². The number of nitrogens with one attached hydrogen (secondary N) is 2. The number of fused-ring (bicyclic) bond motifs is 1. The van der Waals surface area contributed by atoms with Crippen LogP contribution in [0.4, 0.5) is 0 Å². The highest BCUT2D eigenvalue weighted by Crippen LogP contribution is 2.16. The Labute approximate surface area is 128 Å². The topological polar surface area (TPSA) is 76.0 Å². The zero-order valence-electron chi connectivity index (χ0n) is 12.4. The van der Waals surface area contributed by atoms with Gasteiger partial charge in [-0.15, -0.1) is 0 Å². The van der Waals surface area contributed by atoms with Crippen molar-refractivity contribution in [2.45, 2.75) is 25.9 Å². The van der Waals surface area contributed by atoms with Crippen LogP contribution >= 0.6 is 0 Å². The standard InChI is InChI=1S/C16H18N4O2/c1-17-15(21)12-5-2-4-11(8-12)9-19-16(22)14-18-10-13-6-3-7-20(13)14/h2,4-5,8,10H,3,6-7,9H2,1H3,(H,17,21)(H,19,22). The second kappa shape index (κ2) is 6.01. The number of aryl methyl sites for hydroxylation is 1. The highest BCUT2D eigenvalue weighted by Gasteiger charge is 2.20. The van der Waals surface area contributed by atoms with E-state index in [1.165, 1.54) is 0 Å². The molecular formula is C16H18N4O2. The Morgan fingerprint density at radius 1 is 1.32 bits per heavy atom. The summed E-state index contributed by atoms with van der Waals surface area (Å²) in [6, 6.07) is 7.20. The van der Waals surface area contributed by atoms with Crippen LogP contribution in [0.2, 0.25) is 0 Å². The van der Waals surface area contributed by atoms with E-state index in [4.69, 9.17) is 0 Å². The van der Waals surface area contributed by atoms with Gasteiger partial charge in [-0.3, -0.25) is 9.59 Å². The first kappa shape index (κ1) is 14.3. The lowest BCUT2D eigenvalue weighted by atomic mass is 10.1. The van der Waals surface area contributed by atoms with Gasteiger partial charge in [0, 0.05) is 37.6 Å². The van der Waals surface area contributed by atoms with E-state index in [1.54, 1.807) is 31.4 Å². The van der Waals surface area contributed by atoms with Crippen LogP contribution in [0.25, 0.3) is 0 Å². The number of hydrogen-bond acceptors (Lipinski definition) is 3. The molecule has 0 bridgehead atoms. The molecule has 1 aliphatic rings. The van der Waals surface area contributed by atoms with Crippen LogP contribution < -0.4 is 10.6 Å². The van der Waals surface area contributed by atoms with Crippen molar-refractivity contribution in [2.75, 3.05) is 7.05 Å². The van der Waals surface area contributed by atoms with E-state index >= 15 is 0 Å². The van der Waals surface area contributed by atoms with Gasteiger partial charge in [0.05, 0.1) is 0 Å². The van der Waals surface area contributed by atoms with Gasteiger partial charge in [-0.05, 0) is 30.5 Å². The molecule has 1 aromatic carbocycles. The number of hydrogen-bond donors (Lipinski definition) is 2. The zero-order chi connectivity index (χ0) is 15.5. The predicted octanol–water partition coefficient (Wildman–Crippen LogP) is 1.12. The summed E-state index contributed by atoms with van der Waals surface area (Å²) in [5.41, 5.74) is 2.57. The normalized spacial score (nSPS) is 12.8. The summed E-state index contributed by atoms with van der Waals surface area (Å²) >= 11 is 0. The van der Waals surface area contributed by atoms with Crippen molar-refractivity contribution in [3.8, 4) is 0 Å². The average molecular weight is 298 g/mol. The Bertz CT molecular complexity index is 721. The van der Waals surface area contributed by atoms with Gasteiger partial charge in [-0.25, -0.2) is 4.98 Å². The Morgan fingerprint density at radius 3 is 3.00 bits per heavy atom. The molecule has 3 rings (SSSR count). The minimum atomic E-state index is -0.182. The number of carbonyl (C=O) groups is 2. The molecule has 22 heavy (non-hydrogen) atoms. The van der Waals surface area contributed by atoms with Crippen LogP contribution in [0.1, 0.15) is 38.7 Å². The van der Waals surface area contributed by atoms with Gasteiger partial charge in [-0.2, -0.15) is 0 Å². The first-order valence-corrected chi connectivity index (χ1v) is 7.32. The zero-order valence-corrected chi connectivity index (χ0v) is 12.4. The Morgan fingerprint density at radius 2 is 2.18 bits per heavy atom. The number of amides is 2. The molecule has 0 atom stereocenters. The minimum Gasteiger partial charge on any atom is -0.355 e. The molecule has 6 heteroatoms. The molecule has 2 heterocycles. The van der Waals surface area contributed by atoms with Gasteiger partial charge in [0.25, 0.3) is 11.8 Å². The molecule has 1 aromatic heterocycles. The molecule has 2 N–H and O–H groups in total. The van der Waals surface area contributed by atoms with Crippen molar-refractivity contribution >= 4 is 11.8 Å². The number of rotatable bonds is 4. The number of imidazole rings is 1. The molecule has 0 aliphatic carbocycles. The van der Waals surface area contributed by atoms with E-state index < -0.39 is 0 Å². The van der Waals surface area contributed by atoms with Crippen molar-refractivity contribution < 1.29 is 9.59 Å². The molecule has 2 amide bonds. The largest absolute Gasteiger partial charge is 0.355 e. The molecule has 0 saturated heterocycles. The summed E-state index contributed by atoms with van der Waals surface area (Å²) in [7, 11) is 1.59. The van der Waals surface area contributed by atoms with E-state index in [2.05, 4.69) is 15.6 Å². The highest BCUT2D eigenvalue weighted by atomic mass is 16.2. The fraction of sp³-hybridized carbons (Fsp3) is 0.312. The van der Waals surface area contributed by atoms with E-state index in [1.807, 2.05) is 10.6 Å². The Balaban J connectivity index is 1.67. The first-order valence-electron chi connectivity index (χ1n) is 7.32. The third kappa shape index (κ3) is 2.72. The second-order valence-electron chi connectivity index (χ2n) is 5.29. The third-order valence-electron chi connectivity index (χ3n) is 3.83. The van der Waals surface area contributed by atoms with Gasteiger partial charge < -0.3 is 15.2 Å². The van der Waals surface area contributed by atoms with Crippen LogP contribution in [0, 0.1) is 0 Å². The number of benzene rings is 1. The highest BCUT2D eigenvalue weighted by molar-refractivity contribution is 5.94. The van der Waals surface area contributed by atoms with Gasteiger partial charge >= 0.3 is 0 Å². The lowest BCUT2D eigenvalue weighted by Crippen LogP contribution is -2.26. The van der Waals surface area contributed by atoms with E-state index in [-0.39, 0.29) is 11.8 Å². The quantitative estimate of drug-likeness (QED) is 0.888. The van der Waals surface area contributed by atoms with Crippen molar-refractivity contribution in [1.82, 2.24) is 20.2 Å². The van der Waals surface area contributed by atoms with Crippen molar-refractivity contribution in [3.63, 3.8) is 0 Å². The summed E-state index contributed by atoms with van der Waals surface area (Å²) in [6.45, 7) is 1.22. The summed E-state index contributed by atoms with van der Waals surface area (Å²) in [5, 5.41) is 5.45. The SMILES string of the molecule is CNC(=O)c1cccc(CNC(=O)c2ncc3n2CCC3)c1. The monoisotopic (exact) mass is 298 g/mol. The fourth-order valence-electron chi connectivity index (χ4n) is 2.69. The van der Waals surface area contributed by atoms with Gasteiger partial charge in [0.2, 0.25) is 0 Å². The number of aromatic nitrogens is 2. The van der Waals surface area contributed by atoms with E-state index in [9.17, 15) is 9.59 Å². The molecule has 6 nitrogen and oxygen atoms in total. The minimum absolute atomic E-state index is 0.140. The van der Waals surface area contributed by atoms with E-state index in [0.29, 0.717) is 17.9 Å². The van der Waals surface area contributed by atoms with Gasteiger partial charge in [0.15, 0.2) is 5.82 Å². The maximum absolute atomic E-state index is 12.2. The second-order valence-corrected chi connectivity index (χ2v) is 5.29. The van der Waals surface area contributed by atoms with Gasteiger partial charge in [-0.1, -0.05) is 12.1 Å². The Hall–Kier alpha value is -2.63. The van der Waals surface area contributed by atoms with Crippen LogP contribution in [0.5, 0.6) is 0 Å². The average Bonchev–Trinajstić information content (AvgIpc) is 3.15. The van der Waals surface area contributed by atoms with Crippen LogP contribution in [-0.4, -0.2) is 28.4 Å².